The Morgan fingerprint density at radius 2 is 2.00 bits per heavy atom. The molecule has 3 heteroatoms. The van der Waals surface area contributed by atoms with Crippen molar-refractivity contribution < 1.29 is 14.3 Å². The van der Waals surface area contributed by atoms with Gasteiger partial charge >= 0.3 is 5.97 Å². The van der Waals surface area contributed by atoms with Crippen LogP contribution >= 0.6 is 0 Å². The van der Waals surface area contributed by atoms with Crippen molar-refractivity contribution in [1.29, 1.82) is 0 Å². The van der Waals surface area contributed by atoms with Crippen LogP contribution in [0.25, 0.3) is 0 Å². The molecule has 0 spiro atoms. The van der Waals surface area contributed by atoms with Gasteiger partial charge in [-0.05, 0) is 17.9 Å². The van der Waals surface area contributed by atoms with Crippen LogP contribution in [0, 0.1) is 17.8 Å². The smallest absolute Gasteiger partial charge is 0.343 e. The zero-order valence-electron chi connectivity index (χ0n) is 10.8. The minimum atomic E-state index is -0.884. The average Bonchev–Trinajstić information content (AvgIpc) is 2.97. The highest BCUT2D eigenvalue weighted by Gasteiger charge is 2.69. The Morgan fingerprint density at radius 1 is 1.26 bits per heavy atom. The van der Waals surface area contributed by atoms with E-state index in [1.807, 2.05) is 30.3 Å². The second-order valence-corrected chi connectivity index (χ2v) is 5.65. The van der Waals surface area contributed by atoms with E-state index < -0.39 is 5.60 Å². The number of esters is 1. The van der Waals surface area contributed by atoms with E-state index in [-0.39, 0.29) is 18.0 Å². The van der Waals surface area contributed by atoms with E-state index in [1.165, 1.54) is 7.11 Å². The molecule has 0 N–H and O–H groups in total. The first-order chi connectivity index (χ1) is 9.27. The number of rotatable bonds is 2. The molecule has 3 nitrogen and oxygen atoms in total. The van der Waals surface area contributed by atoms with Gasteiger partial charge in [0.15, 0.2) is 5.60 Å². The fourth-order valence-corrected chi connectivity index (χ4v) is 4.09. The van der Waals surface area contributed by atoms with Crippen LogP contribution < -0.4 is 0 Å². The van der Waals surface area contributed by atoms with E-state index in [1.54, 1.807) is 0 Å². The van der Waals surface area contributed by atoms with Crippen LogP contribution in [0.2, 0.25) is 0 Å². The lowest BCUT2D eigenvalue weighted by Crippen LogP contribution is -2.63. The minimum absolute atomic E-state index is 0.189. The lowest BCUT2D eigenvalue weighted by molar-refractivity contribution is -0.272. The second-order valence-electron chi connectivity index (χ2n) is 5.65. The van der Waals surface area contributed by atoms with Crippen molar-refractivity contribution in [3.63, 3.8) is 0 Å². The van der Waals surface area contributed by atoms with Crippen molar-refractivity contribution in [1.82, 2.24) is 0 Å². The van der Waals surface area contributed by atoms with E-state index in [0.717, 1.165) is 12.0 Å². The van der Waals surface area contributed by atoms with Crippen LogP contribution in [0.1, 0.15) is 12.0 Å². The number of benzene rings is 1. The van der Waals surface area contributed by atoms with Crippen molar-refractivity contribution in [3.05, 3.63) is 48.0 Å². The van der Waals surface area contributed by atoms with E-state index in [0.29, 0.717) is 11.8 Å². The van der Waals surface area contributed by atoms with E-state index >= 15 is 0 Å². The summed E-state index contributed by atoms with van der Waals surface area (Å²) in [5.74, 6) is 0.901. The first kappa shape index (κ1) is 11.2. The zero-order valence-corrected chi connectivity index (χ0v) is 10.8. The van der Waals surface area contributed by atoms with Crippen molar-refractivity contribution in [2.75, 3.05) is 7.11 Å². The van der Waals surface area contributed by atoms with Gasteiger partial charge in [0.25, 0.3) is 0 Å². The van der Waals surface area contributed by atoms with Crippen molar-refractivity contribution in [2.45, 2.75) is 18.1 Å². The second kappa shape index (κ2) is 3.70. The normalized spacial score (nSPS) is 41.7. The predicted molar refractivity (Wildman–Crippen MR) is 69.2 cm³/mol. The average molecular weight is 256 g/mol. The summed E-state index contributed by atoms with van der Waals surface area (Å²) < 4.78 is 11.1. The lowest BCUT2D eigenvalue weighted by Gasteiger charge is -2.53. The molecular formula is C16H16O3. The van der Waals surface area contributed by atoms with Gasteiger partial charge in [0, 0.05) is 11.8 Å². The molecule has 1 saturated heterocycles. The Labute approximate surface area is 112 Å². The minimum Gasteiger partial charge on any atom is -0.467 e. The topological polar surface area (TPSA) is 35.5 Å². The molecule has 4 rings (SSSR count). The van der Waals surface area contributed by atoms with Gasteiger partial charge in [0.2, 0.25) is 0 Å². The summed E-state index contributed by atoms with van der Waals surface area (Å²) in [4.78, 5) is 12.4. The summed E-state index contributed by atoms with van der Waals surface area (Å²) in [7, 11) is 1.44. The van der Waals surface area contributed by atoms with Crippen molar-refractivity contribution in [3.8, 4) is 0 Å². The Kier molecular flexibility index (Phi) is 2.19. The number of methoxy groups -OCH3 is 1. The third-order valence-electron chi connectivity index (χ3n) is 4.87. The van der Waals surface area contributed by atoms with Crippen LogP contribution in [0.15, 0.2) is 42.5 Å². The first-order valence-electron chi connectivity index (χ1n) is 6.77. The molecule has 0 unspecified atom stereocenters. The zero-order chi connectivity index (χ0) is 13.0. The predicted octanol–water partition coefficient (Wildman–Crippen LogP) is 2.28. The Bertz CT molecular complexity index is 550. The molecule has 0 radical (unpaired) electrons. The van der Waals surface area contributed by atoms with Gasteiger partial charge in [-0.25, -0.2) is 4.79 Å². The van der Waals surface area contributed by atoms with Crippen LogP contribution in [0.3, 0.4) is 0 Å². The van der Waals surface area contributed by atoms with Gasteiger partial charge < -0.3 is 9.47 Å². The molecular weight excluding hydrogens is 240 g/mol. The fourth-order valence-electron chi connectivity index (χ4n) is 4.09. The maximum atomic E-state index is 12.4. The lowest BCUT2D eigenvalue weighted by atomic mass is 9.68. The number of carbonyl (C=O) groups is 1. The van der Waals surface area contributed by atoms with Gasteiger partial charge in [-0.15, -0.1) is 0 Å². The van der Waals surface area contributed by atoms with Gasteiger partial charge in [-0.2, -0.15) is 0 Å². The molecule has 1 aromatic rings. The number of ether oxygens (including phenoxy) is 2. The molecule has 2 aliphatic carbocycles. The van der Waals surface area contributed by atoms with Gasteiger partial charge in [-0.3, -0.25) is 0 Å². The Balaban J connectivity index is 1.80. The third-order valence-corrected chi connectivity index (χ3v) is 4.87. The first-order valence-corrected chi connectivity index (χ1v) is 6.77. The molecule has 2 fully saturated rings. The monoisotopic (exact) mass is 256 g/mol. The van der Waals surface area contributed by atoms with E-state index in [9.17, 15) is 4.79 Å². The quantitative estimate of drug-likeness (QED) is 0.601. The summed E-state index contributed by atoms with van der Waals surface area (Å²) in [6.07, 6.45) is 5.78. The number of allylic oxidation sites excluding steroid dienone is 1. The molecule has 19 heavy (non-hydrogen) atoms. The van der Waals surface area contributed by atoms with Gasteiger partial charge in [0.1, 0.15) is 0 Å². The molecule has 3 aliphatic rings. The summed E-state index contributed by atoms with van der Waals surface area (Å²) in [6.45, 7) is 0. The van der Waals surface area contributed by atoms with Crippen LogP contribution in [-0.2, 0) is 19.9 Å². The molecule has 1 saturated carbocycles. The largest absolute Gasteiger partial charge is 0.467 e. The van der Waals surface area contributed by atoms with E-state index in [2.05, 4.69) is 12.2 Å². The molecule has 1 aromatic carbocycles. The molecule has 98 valence electrons. The van der Waals surface area contributed by atoms with E-state index in [4.69, 9.17) is 9.47 Å². The van der Waals surface area contributed by atoms with Crippen LogP contribution in [-0.4, -0.2) is 19.2 Å². The molecule has 5 atom stereocenters. The highest BCUT2D eigenvalue weighted by Crippen LogP contribution is 2.62. The third kappa shape index (κ3) is 1.24. The molecule has 0 amide bonds. The highest BCUT2D eigenvalue weighted by molar-refractivity contribution is 5.83. The van der Waals surface area contributed by atoms with Crippen LogP contribution in [0.4, 0.5) is 0 Å². The highest BCUT2D eigenvalue weighted by atomic mass is 16.6. The Hall–Kier alpha value is -1.61. The van der Waals surface area contributed by atoms with Gasteiger partial charge in [0.05, 0.1) is 13.2 Å². The van der Waals surface area contributed by atoms with Crippen molar-refractivity contribution >= 4 is 5.97 Å². The summed E-state index contributed by atoms with van der Waals surface area (Å²) in [5, 5.41) is 0. The molecule has 2 bridgehead atoms. The van der Waals surface area contributed by atoms with Gasteiger partial charge in [-0.1, -0.05) is 42.5 Å². The number of hydrogen-bond donors (Lipinski definition) is 0. The molecule has 0 aromatic heterocycles. The fraction of sp³-hybridized carbons (Fsp3) is 0.438. The maximum Gasteiger partial charge on any atom is 0.343 e. The number of hydrogen-bond acceptors (Lipinski definition) is 3. The summed E-state index contributed by atoms with van der Waals surface area (Å²) >= 11 is 0. The van der Waals surface area contributed by atoms with Crippen molar-refractivity contribution in [2.24, 2.45) is 17.8 Å². The Morgan fingerprint density at radius 3 is 2.68 bits per heavy atom. The summed E-state index contributed by atoms with van der Waals surface area (Å²) in [5.41, 5.74) is 0.0363. The summed E-state index contributed by atoms with van der Waals surface area (Å²) in [6, 6.07) is 9.76. The van der Waals surface area contributed by atoms with Crippen LogP contribution in [0.5, 0.6) is 0 Å². The SMILES string of the molecule is COC(=O)[C@]1(c2ccccc2)O[C@@H]2[C@H]1[C@H]1C=C[C@@H]2C1. The molecule has 1 aliphatic heterocycles. The maximum absolute atomic E-state index is 12.4. The standard InChI is InChI=1S/C16H16O3/c1-18-15(17)16(12-5-3-2-4-6-12)13-10-7-8-11(9-10)14(13)19-16/h2-8,10-11,13-14H,9H2,1H3/t10-,11+,13+,14-,16+/m0/s1. The number of carbonyl (C=O) groups excluding carboxylic acids is 1. The molecule has 1 heterocycles. The number of fused-ring (bicyclic) bond motifs is 5.